The van der Waals surface area contributed by atoms with Crippen LogP contribution >= 0.6 is 24.0 Å². The second kappa shape index (κ2) is 10.1. The number of guanidine groups is 1. The third-order valence-corrected chi connectivity index (χ3v) is 2.94. The van der Waals surface area contributed by atoms with Crippen LogP contribution in [0.3, 0.4) is 0 Å². The molecular formula is C16H26IN7O2. The third-order valence-electron chi connectivity index (χ3n) is 2.94. The summed E-state index contributed by atoms with van der Waals surface area (Å²) in [7, 11) is 0. The number of aliphatic imine (C=N–C) groups is 1. The van der Waals surface area contributed by atoms with Crippen molar-refractivity contribution in [3.63, 3.8) is 0 Å². The summed E-state index contributed by atoms with van der Waals surface area (Å²) in [4.78, 5) is 20.6. The van der Waals surface area contributed by atoms with Crippen LogP contribution in [0.2, 0.25) is 0 Å². The maximum absolute atomic E-state index is 11.9. The first kappa shape index (κ1) is 21.9. The van der Waals surface area contributed by atoms with Gasteiger partial charge in [0.25, 0.3) is 0 Å². The van der Waals surface area contributed by atoms with E-state index in [0.29, 0.717) is 36.5 Å². The second-order valence-electron chi connectivity index (χ2n) is 6.43. The van der Waals surface area contributed by atoms with Crippen LogP contribution in [0.25, 0.3) is 11.6 Å². The molecule has 2 aromatic rings. The van der Waals surface area contributed by atoms with Crippen LogP contribution in [0.15, 0.2) is 27.8 Å². The van der Waals surface area contributed by atoms with Gasteiger partial charge in [-0.15, -0.1) is 29.1 Å². The first-order chi connectivity index (χ1) is 11.9. The maximum Gasteiger partial charge on any atom is 0.239 e. The molecule has 0 radical (unpaired) electrons. The number of nitrogens with zero attached hydrogens (tertiary/aromatic N) is 3. The van der Waals surface area contributed by atoms with Crippen molar-refractivity contribution in [3.8, 4) is 11.6 Å². The summed E-state index contributed by atoms with van der Waals surface area (Å²) in [6, 6.07) is 3.56. The van der Waals surface area contributed by atoms with E-state index in [0.717, 1.165) is 0 Å². The molecule has 0 unspecified atom stereocenters. The van der Waals surface area contributed by atoms with E-state index in [4.69, 9.17) is 4.42 Å². The smallest absolute Gasteiger partial charge is 0.239 e. The number of H-pyrrole nitrogens is 1. The zero-order valence-electron chi connectivity index (χ0n) is 15.4. The monoisotopic (exact) mass is 475 g/mol. The van der Waals surface area contributed by atoms with E-state index in [1.54, 1.807) is 18.4 Å². The average Bonchev–Trinajstić information content (AvgIpc) is 3.18. The number of aromatic nitrogens is 3. The minimum atomic E-state index is -0.268. The zero-order valence-corrected chi connectivity index (χ0v) is 17.8. The van der Waals surface area contributed by atoms with Crippen LogP contribution in [0.1, 0.15) is 33.5 Å². The van der Waals surface area contributed by atoms with Gasteiger partial charge in [0.1, 0.15) is 12.4 Å². The molecule has 2 heterocycles. The van der Waals surface area contributed by atoms with Gasteiger partial charge in [-0.2, -0.15) is 0 Å². The summed E-state index contributed by atoms with van der Waals surface area (Å²) in [6.45, 7) is 8.87. The number of halogens is 1. The van der Waals surface area contributed by atoms with Gasteiger partial charge in [0.05, 0.1) is 12.8 Å². The quantitative estimate of drug-likeness (QED) is 0.287. The van der Waals surface area contributed by atoms with Gasteiger partial charge in [-0.1, -0.05) is 0 Å². The number of aromatic amines is 1. The van der Waals surface area contributed by atoms with Gasteiger partial charge < -0.3 is 20.4 Å². The van der Waals surface area contributed by atoms with Crippen LogP contribution in [0.5, 0.6) is 0 Å². The van der Waals surface area contributed by atoms with Crippen LogP contribution in [0, 0.1) is 0 Å². The van der Waals surface area contributed by atoms with Crippen molar-refractivity contribution in [2.45, 2.75) is 39.8 Å². The van der Waals surface area contributed by atoms with Crippen LogP contribution < -0.4 is 16.0 Å². The van der Waals surface area contributed by atoms with Crippen molar-refractivity contribution in [1.82, 2.24) is 31.1 Å². The lowest BCUT2D eigenvalue weighted by Crippen LogP contribution is -2.48. The molecule has 0 bridgehead atoms. The lowest BCUT2D eigenvalue weighted by Gasteiger charge is -2.21. The average molecular weight is 475 g/mol. The molecule has 2 aromatic heterocycles. The Bertz CT molecular complexity index is 705. The number of hydrogen-bond acceptors (Lipinski definition) is 5. The summed E-state index contributed by atoms with van der Waals surface area (Å²) in [5.74, 6) is 2.11. The van der Waals surface area contributed by atoms with Gasteiger partial charge in [-0.25, -0.2) is 9.98 Å². The molecule has 4 N–H and O–H groups in total. The minimum Gasteiger partial charge on any atom is -0.461 e. The molecule has 0 fully saturated rings. The summed E-state index contributed by atoms with van der Waals surface area (Å²) >= 11 is 0. The van der Waals surface area contributed by atoms with Crippen molar-refractivity contribution in [2.24, 2.45) is 4.99 Å². The molecule has 0 aliphatic rings. The number of carbonyl (C=O) groups excluding carboxylic acids is 1. The molecule has 0 aromatic carbocycles. The highest BCUT2D eigenvalue weighted by molar-refractivity contribution is 14.0. The molecule has 1 amide bonds. The van der Waals surface area contributed by atoms with Crippen molar-refractivity contribution >= 4 is 35.8 Å². The summed E-state index contributed by atoms with van der Waals surface area (Å²) in [5, 5.41) is 15.9. The Morgan fingerprint density at radius 1 is 1.35 bits per heavy atom. The van der Waals surface area contributed by atoms with E-state index in [-0.39, 0.29) is 42.0 Å². The fraction of sp³-hybridized carbons (Fsp3) is 0.500. The van der Waals surface area contributed by atoms with Crippen molar-refractivity contribution in [1.29, 1.82) is 0 Å². The fourth-order valence-corrected chi connectivity index (χ4v) is 2.00. The Hall–Kier alpha value is -2.11. The first-order valence-corrected chi connectivity index (χ1v) is 8.15. The molecular weight excluding hydrogens is 449 g/mol. The van der Waals surface area contributed by atoms with Crippen LogP contribution in [0.4, 0.5) is 0 Å². The van der Waals surface area contributed by atoms with Crippen molar-refractivity contribution in [3.05, 3.63) is 24.2 Å². The van der Waals surface area contributed by atoms with Crippen LogP contribution in [-0.2, 0) is 11.3 Å². The fourth-order valence-electron chi connectivity index (χ4n) is 2.00. The molecule has 0 aliphatic heterocycles. The molecule has 0 saturated heterocycles. The van der Waals surface area contributed by atoms with Gasteiger partial charge in [0.15, 0.2) is 11.7 Å². The maximum atomic E-state index is 11.9. The number of furan rings is 1. The van der Waals surface area contributed by atoms with Gasteiger partial charge in [0.2, 0.25) is 11.7 Å². The molecule has 0 spiro atoms. The molecule has 0 saturated carbocycles. The second-order valence-corrected chi connectivity index (χ2v) is 6.43. The van der Waals surface area contributed by atoms with Crippen LogP contribution in [-0.4, -0.2) is 45.7 Å². The molecule has 26 heavy (non-hydrogen) atoms. The first-order valence-electron chi connectivity index (χ1n) is 8.15. The Morgan fingerprint density at radius 3 is 2.73 bits per heavy atom. The Morgan fingerprint density at radius 2 is 2.12 bits per heavy atom. The number of carbonyl (C=O) groups is 1. The predicted octanol–water partition coefficient (Wildman–Crippen LogP) is 1.65. The minimum absolute atomic E-state index is 0. The SMILES string of the molecule is CCNC(=NCc1nc(-c2ccco2)n[nH]1)NCC(=O)NC(C)(C)C.I. The molecule has 0 aliphatic carbocycles. The predicted molar refractivity (Wildman–Crippen MR) is 110 cm³/mol. The normalized spacial score (nSPS) is 11.6. The summed E-state index contributed by atoms with van der Waals surface area (Å²) in [5.41, 5.74) is -0.268. The largest absolute Gasteiger partial charge is 0.461 e. The van der Waals surface area contributed by atoms with Gasteiger partial charge >= 0.3 is 0 Å². The molecule has 144 valence electrons. The topological polar surface area (TPSA) is 120 Å². The van der Waals surface area contributed by atoms with Crippen molar-refractivity contribution in [2.75, 3.05) is 13.1 Å². The lowest BCUT2D eigenvalue weighted by atomic mass is 10.1. The highest BCUT2D eigenvalue weighted by Crippen LogP contribution is 2.14. The van der Waals surface area contributed by atoms with Gasteiger partial charge in [-0.05, 0) is 39.8 Å². The highest BCUT2D eigenvalue weighted by Gasteiger charge is 2.14. The number of hydrogen-bond donors (Lipinski definition) is 4. The lowest BCUT2D eigenvalue weighted by molar-refractivity contribution is -0.121. The molecule has 9 nitrogen and oxygen atoms in total. The Balaban J connectivity index is 0.00000338. The van der Waals surface area contributed by atoms with Gasteiger partial charge in [0, 0.05) is 12.1 Å². The Labute approximate surface area is 169 Å². The molecule has 10 heteroatoms. The number of amides is 1. The number of nitrogens with one attached hydrogen (secondary N) is 4. The molecule has 0 atom stereocenters. The highest BCUT2D eigenvalue weighted by atomic mass is 127. The third kappa shape index (κ3) is 7.42. The van der Waals surface area contributed by atoms with E-state index in [9.17, 15) is 4.79 Å². The summed E-state index contributed by atoms with van der Waals surface area (Å²) < 4.78 is 5.25. The van der Waals surface area contributed by atoms with Gasteiger partial charge in [-0.3, -0.25) is 9.89 Å². The van der Waals surface area contributed by atoms with E-state index in [1.165, 1.54) is 0 Å². The van der Waals surface area contributed by atoms with E-state index in [2.05, 4.69) is 36.1 Å². The van der Waals surface area contributed by atoms with E-state index in [1.807, 2.05) is 27.7 Å². The van der Waals surface area contributed by atoms with Crippen molar-refractivity contribution < 1.29 is 9.21 Å². The number of rotatable bonds is 6. The standard InChI is InChI=1S/C16H25N7O2.HI/c1-5-17-15(19-10-13(24)21-16(2,3)4)18-9-12-20-14(23-22-12)11-7-6-8-25-11;/h6-8H,5,9-10H2,1-4H3,(H,21,24)(H2,17,18,19)(H,20,22,23);1H. The Kier molecular flexibility index (Phi) is 8.55. The van der Waals surface area contributed by atoms with E-state index >= 15 is 0 Å². The zero-order chi connectivity index (χ0) is 18.3. The summed E-state index contributed by atoms with van der Waals surface area (Å²) in [6.07, 6.45) is 1.57. The van der Waals surface area contributed by atoms with E-state index < -0.39 is 0 Å². The molecule has 2 rings (SSSR count).